The predicted molar refractivity (Wildman–Crippen MR) is 111 cm³/mol. The van der Waals surface area contributed by atoms with Crippen molar-refractivity contribution in [3.8, 4) is 5.75 Å². The molecule has 1 aliphatic heterocycles. The van der Waals surface area contributed by atoms with E-state index in [0.29, 0.717) is 22.7 Å². The van der Waals surface area contributed by atoms with Gasteiger partial charge in [-0.3, -0.25) is 4.79 Å². The van der Waals surface area contributed by atoms with E-state index in [-0.39, 0.29) is 11.3 Å². The van der Waals surface area contributed by atoms with Gasteiger partial charge >= 0.3 is 0 Å². The van der Waals surface area contributed by atoms with Crippen LogP contribution in [0.1, 0.15) is 25.0 Å². The van der Waals surface area contributed by atoms with E-state index in [9.17, 15) is 13.6 Å². The van der Waals surface area contributed by atoms with Crippen LogP contribution in [-0.2, 0) is 7.05 Å². The lowest BCUT2D eigenvalue weighted by Crippen LogP contribution is -2.50. The fraction of sp³-hybridized carbons (Fsp3) is 0.300. The first-order valence-electron chi connectivity index (χ1n) is 9.00. The van der Waals surface area contributed by atoms with Crippen molar-refractivity contribution in [2.24, 2.45) is 12.0 Å². The van der Waals surface area contributed by atoms with Crippen LogP contribution >= 0.6 is 11.9 Å². The van der Waals surface area contributed by atoms with Gasteiger partial charge in [0.1, 0.15) is 11.6 Å². The smallest absolute Gasteiger partial charge is 0.277 e. The van der Waals surface area contributed by atoms with Gasteiger partial charge in [-0.15, -0.1) is 0 Å². The second-order valence-corrected chi connectivity index (χ2v) is 7.77. The second-order valence-electron chi connectivity index (χ2n) is 6.70. The van der Waals surface area contributed by atoms with Crippen LogP contribution in [0.2, 0.25) is 0 Å². The van der Waals surface area contributed by atoms with Crippen LogP contribution < -0.4 is 20.3 Å². The van der Waals surface area contributed by atoms with Gasteiger partial charge in [0.25, 0.3) is 11.4 Å². The van der Waals surface area contributed by atoms with Crippen LogP contribution in [0, 0.1) is 18.6 Å². The Balaban J connectivity index is 2.03. The summed E-state index contributed by atoms with van der Waals surface area (Å²) in [5.41, 5.74) is 1.73. The molecule has 1 atom stereocenters. The number of aryl methyl sites for hydroxylation is 2. The lowest BCUT2D eigenvalue weighted by atomic mass is 10.1. The number of hydrogen-bond acceptors (Lipinski definition) is 6. The minimum atomic E-state index is -1.36. The third kappa shape index (κ3) is 4.79. The molecular formula is C20H22F2N4O2S. The number of pyridine rings is 1. The molecule has 2 aromatic rings. The molecule has 2 N–H and O–H groups in total. The first-order chi connectivity index (χ1) is 13.7. The molecule has 0 spiro atoms. The largest absolute Gasteiger partial charge is 0.445 e. The Morgan fingerprint density at radius 1 is 1.34 bits per heavy atom. The Bertz CT molecular complexity index is 1030. The molecule has 9 heteroatoms. The molecule has 2 heterocycles. The maximum absolute atomic E-state index is 14.1. The van der Waals surface area contributed by atoms with Gasteiger partial charge in [-0.2, -0.15) is 0 Å². The van der Waals surface area contributed by atoms with Gasteiger partial charge < -0.3 is 19.3 Å². The summed E-state index contributed by atoms with van der Waals surface area (Å²) in [5.74, 6) is -1.59. The highest BCUT2D eigenvalue weighted by atomic mass is 32.2. The maximum Gasteiger partial charge on any atom is 0.277 e. The van der Waals surface area contributed by atoms with E-state index < -0.39 is 17.5 Å². The van der Waals surface area contributed by atoms with Crippen LogP contribution in [0.5, 0.6) is 5.75 Å². The number of nitrogens with one attached hydrogen (secondary N) is 2. The van der Waals surface area contributed by atoms with Gasteiger partial charge in [0.05, 0.1) is 5.71 Å². The highest BCUT2D eigenvalue weighted by molar-refractivity contribution is 7.97. The zero-order chi connectivity index (χ0) is 21.2. The van der Waals surface area contributed by atoms with Crippen LogP contribution in [-0.4, -0.2) is 21.9 Å². The summed E-state index contributed by atoms with van der Waals surface area (Å²) in [6.07, 6.45) is 3.47. The number of benzene rings is 1. The van der Waals surface area contributed by atoms with Crippen molar-refractivity contribution >= 4 is 17.7 Å². The molecule has 0 amide bonds. The number of allylic oxidation sites excluding steroid dienone is 1. The molecule has 0 bridgehead atoms. The van der Waals surface area contributed by atoms with E-state index in [2.05, 4.69) is 15.0 Å². The van der Waals surface area contributed by atoms with Gasteiger partial charge in [-0.05, 0) is 25.1 Å². The number of rotatable bonds is 6. The van der Waals surface area contributed by atoms with E-state index in [1.807, 2.05) is 6.92 Å². The zero-order valence-corrected chi connectivity index (χ0v) is 17.4. The topological polar surface area (TPSA) is 67.7 Å². The summed E-state index contributed by atoms with van der Waals surface area (Å²) in [4.78, 5) is 16.6. The Hall–Kier alpha value is -2.81. The average Bonchev–Trinajstić information content (AvgIpc) is 2.66. The minimum Gasteiger partial charge on any atom is -0.445 e. The lowest BCUT2D eigenvalue weighted by Gasteiger charge is -2.33. The third-order valence-corrected chi connectivity index (χ3v) is 4.82. The van der Waals surface area contributed by atoms with E-state index >= 15 is 0 Å². The van der Waals surface area contributed by atoms with Gasteiger partial charge in [0.15, 0.2) is 11.6 Å². The molecule has 1 aromatic carbocycles. The SMILES string of the molecule is CCSNC1=CC(c2cc(C)c(=O)n(C)c2)=NC(C)(Oc2ccc(F)cc2F)N1. The van der Waals surface area contributed by atoms with Gasteiger partial charge in [0.2, 0.25) is 0 Å². The van der Waals surface area contributed by atoms with Crippen molar-refractivity contribution in [1.82, 2.24) is 14.6 Å². The highest BCUT2D eigenvalue weighted by Crippen LogP contribution is 2.26. The van der Waals surface area contributed by atoms with Crippen molar-refractivity contribution in [3.63, 3.8) is 0 Å². The summed E-state index contributed by atoms with van der Waals surface area (Å²) >= 11 is 1.46. The Morgan fingerprint density at radius 2 is 2.10 bits per heavy atom. The first-order valence-corrected chi connectivity index (χ1v) is 9.98. The van der Waals surface area contributed by atoms with Crippen molar-refractivity contribution < 1.29 is 13.5 Å². The number of hydrogen-bond donors (Lipinski definition) is 2. The van der Waals surface area contributed by atoms with Gasteiger partial charge in [-0.25, -0.2) is 13.8 Å². The quantitative estimate of drug-likeness (QED) is 0.703. The molecule has 1 aliphatic rings. The first kappa shape index (κ1) is 20.9. The molecule has 29 heavy (non-hydrogen) atoms. The van der Waals surface area contributed by atoms with Crippen molar-refractivity contribution in [2.75, 3.05) is 5.75 Å². The molecule has 154 valence electrons. The Kier molecular flexibility index (Phi) is 5.97. The standard InChI is InChI=1S/C20H22F2N4O2S/c1-5-29-25-18-10-16(13-8-12(2)19(27)26(4)11-13)23-20(3,24-18)28-17-7-6-14(21)9-15(17)22/h6-11,24-25H,5H2,1-4H3. The molecular weight excluding hydrogens is 398 g/mol. The van der Waals surface area contributed by atoms with E-state index in [1.54, 1.807) is 39.2 Å². The molecule has 0 fully saturated rings. The third-order valence-electron chi connectivity index (χ3n) is 4.17. The molecule has 0 aliphatic carbocycles. The summed E-state index contributed by atoms with van der Waals surface area (Å²) in [5, 5.41) is 3.09. The minimum absolute atomic E-state index is 0.0976. The molecule has 1 unspecified atom stereocenters. The molecule has 0 radical (unpaired) electrons. The number of ether oxygens (including phenoxy) is 1. The predicted octanol–water partition coefficient (Wildman–Crippen LogP) is 3.22. The zero-order valence-electron chi connectivity index (χ0n) is 16.5. The fourth-order valence-corrected chi connectivity index (χ4v) is 3.31. The molecule has 0 saturated carbocycles. The summed E-state index contributed by atoms with van der Waals surface area (Å²) in [6, 6.07) is 4.83. The lowest BCUT2D eigenvalue weighted by molar-refractivity contribution is 0.0649. The number of nitrogens with zero attached hydrogens (tertiary/aromatic N) is 2. The molecule has 1 aromatic heterocycles. The van der Waals surface area contributed by atoms with E-state index in [4.69, 9.17) is 4.74 Å². The maximum atomic E-state index is 14.1. The second kappa shape index (κ2) is 8.28. The summed E-state index contributed by atoms with van der Waals surface area (Å²) < 4.78 is 37.8. The molecule has 0 saturated heterocycles. The van der Waals surface area contributed by atoms with Crippen LogP contribution in [0.15, 0.2) is 52.1 Å². The monoisotopic (exact) mass is 420 g/mol. The average molecular weight is 420 g/mol. The van der Waals surface area contributed by atoms with Crippen molar-refractivity contribution in [2.45, 2.75) is 26.6 Å². The van der Waals surface area contributed by atoms with Crippen LogP contribution in [0.3, 0.4) is 0 Å². The van der Waals surface area contributed by atoms with E-state index in [0.717, 1.165) is 17.9 Å². The van der Waals surface area contributed by atoms with E-state index in [1.165, 1.54) is 22.6 Å². The fourth-order valence-electron chi connectivity index (χ4n) is 2.90. The highest BCUT2D eigenvalue weighted by Gasteiger charge is 2.32. The molecule has 3 rings (SSSR count). The summed E-state index contributed by atoms with van der Waals surface area (Å²) in [6.45, 7) is 5.36. The van der Waals surface area contributed by atoms with Crippen molar-refractivity contribution in [3.05, 3.63) is 75.5 Å². The Morgan fingerprint density at radius 3 is 2.76 bits per heavy atom. The molecule has 6 nitrogen and oxygen atoms in total. The number of aliphatic imine (C=N–C) groups is 1. The number of halogens is 2. The van der Waals surface area contributed by atoms with Crippen molar-refractivity contribution in [1.29, 1.82) is 0 Å². The van der Waals surface area contributed by atoms with Gasteiger partial charge in [-0.1, -0.05) is 18.9 Å². The Labute approximate surface area is 171 Å². The van der Waals surface area contributed by atoms with Gasteiger partial charge in [0, 0.05) is 49.2 Å². The van der Waals surface area contributed by atoms with Crippen LogP contribution in [0.4, 0.5) is 8.78 Å². The summed E-state index contributed by atoms with van der Waals surface area (Å²) in [7, 11) is 1.67. The number of aromatic nitrogens is 1. The normalized spacial score (nSPS) is 18.6. The van der Waals surface area contributed by atoms with Crippen LogP contribution in [0.25, 0.3) is 0 Å².